The fourth-order valence-electron chi connectivity index (χ4n) is 3.23. The maximum atomic E-state index is 13.3. The standard InChI is InChI=1S/C26H21F2N3O3S/c1-34-22-12-10-21(11-13-22)30-25(33)23-14-24(32)31(16-18-4-8-20(28)9-5-18)26(35-23)29-15-17-2-6-19(27)7-3-17/h2-14H,15-16H2,1H3,(H,30,33). The normalized spacial score (nSPS) is 11.3. The number of carbonyl (C=O) groups excluding carboxylic acids is 1. The van der Waals surface area contributed by atoms with E-state index in [1.165, 1.54) is 34.9 Å². The number of aromatic nitrogens is 1. The molecule has 1 aromatic heterocycles. The first kappa shape index (κ1) is 24.0. The second-order valence-electron chi connectivity index (χ2n) is 7.57. The van der Waals surface area contributed by atoms with Crippen molar-refractivity contribution < 1.29 is 18.3 Å². The van der Waals surface area contributed by atoms with Crippen LogP contribution in [0.1, 0.15) is 20.8 Å². The van der Waals surface area contributed by atoms with Crippen LogP contribution in [-0.2, 0) is 13.1 Å². The zero-order valence-electron chi connectivity index (χ0n) is 18.7. The van der Waals surface area contributed by atoms with Crippen LogP contribution < -0.4 is 20.4 Å². The van der Waals surface area contributed by atoms with Gasteiger partial charge in [0.25, 0.3) is 11.5 Å². The smallest absolute Gasteiger partial charge is 0.266 e. The van der Waals surface area contributed by atoms with Gasteiger partial charge in [0.2, 0.25) is 0 Å². The van der Waals surface area contributed by atoms with Crippen molar-refractivity contribution in [3.63, 3.8) is 0 Å². The first-order chi connectivity index (χ1) is 16.9. The monoisotopic (exact) mass is 493 g/mol. The largest absolute Gasteiger partial charge is 0.497 e. The molecule has 0 aliphatic carbocycles. The van der Waals surface area contributed by atoms with Crippen molar-refractivity contribution in [3.05, 3.63) is 122 Å². The van der Waals surface area contributed by atoms with Crippen LogP contribution in [0.4, 0.5) is 14.5 Å². The van der Waals surface area contributed by atoms with Gasteiger partial charge in [-0.1, -0.05) is 35.6 Å². The first-order valence-electron chi connectivity index (χ1n) is 10.6. The third kappa shape index (κ3) is 6.27. The fourth-order valence-corrected chi connectivity index (χ4v) is 4.12. The van der Waals surface area contributed by atoms with E-state index >= 15 is 0 Å². The van der Waals surface area contributed by atoms with Crippen LogP contribution in [0, 0.1) is 11.6 Å². The zero-order chi connectivity index (χ0) is 24.8. The van der Waals surface area contributed by atoms with E-state index in [0.29, 0.717) is 21.8 Å². The van der Waals surface area contributed by atoms with Crippen molar-refractivity contribution >= 4 is 22.9 Å². The number of rotatable bonds is 7. The predicted octanol–water partition coefficient (Wildman–Crippen LogP) is 4.60. The van der Waals surface area contributed by atoms with Crippen molar-refractivity contribution in [2.75, 3.05) is 12.4 Å². The minimum absolute atomic E-state index is 0.151. The molecule has 1 heterocycles. The van der Waals surface area contributed by atoms with Crippen LogP contribution in [0.15, 0.2) is 88.6 Å². The zero-order valence-corrected chi connectivity index (χ0v) is 19.5. The first-order valence-corrected chi connectivity index (χ1v) is 11.4. The molecule has 0 saturated heterocycles. The van der Waals surface area contributed by atoms with Crippen molar-refractivity contribution in [2.24, 2.45) is 4.99 Å². The van der Waals surface area contributed by atoms with Gasteiger partial charge in [-0.25, -0.2) is 8.78 Å². The number of halogens is 2. The molecule has 1 amide bonds. The molecule has 0 saturated carbocycles. The number of amides is 1. The Morgan fingerprint density at radius 2 is 1.54 bits per heavy atom. The van der Waals surface area contributed by atoms with Crippen LogP contribution in [0.3, 0.4) is 0 Å². The van der Waals surface area contributed by atoms with Crippen LogP contribution in [-0.4, -0.2) is 17.6 Å². The number of nitrogens with one attached hydrogen (secondary N) is 1. The van der Waals surface area contributed by atoms with Gasteiger partial charge < -0.3 is 10.1 Å². The van der Waals surface area contributed by atoms with Crippen LogP contribution in [0.2, 0.25) is 0 Å². The Hall–Kier alpha value is -4.11. The molecule has 0 fully saturated rings. The lowest BCUT2D eigenvalue weighted by atomic mass is 10.2. The molecule has 6 nitrogen and oxygen atoms in total. The SMILES string of the molecule is COc1ccc(NC(=O)c2cc(=O)n(Cc3ccc(F)cc3)c(=NCc3ccc(F)cc3)s2)cc1. The van der Waals surface area contributed by atoms with Crippen molar-refractivity contribution in [3.8, 4) is 5.75 Å². The molecular weight excluding hydrogens is 472 g/mol. The van der Waals surface area contributed by atoms with Crippen molar-refractivity contribution in [2.45, 2.75) is 13.1 Å². The highest BCUT2D eigenvalue weighted by Crippen LogP contribution is 2.16. The summed E-state index contributed by atoms with van der Waals surface area (Å²) in [7, 11) is 1.55. The average molecular weight is 494 g/mol. The van der Waals surface area contributed by atoms with Gasteiger partial charge in [0, 0.05) is 11.8 Å². The molecule has 3 aromatic carbocycles. The summed E-state index contributed by atoms with van der Waals surface area (Å²) < 4.78 is 33.1. The van der Waals surface area contributed by atoms with Crippen LogP contribution >= 0.6 is 11.3 Å². The Morgan fingerprint density at radius 1 is 0.943 bits per heavy atom. The number of carbonyl (C=O) groups is 1. The minimum Gasteiger partial charge on any atom is -0.497 e. The molecule has 9 heteroatoms. The number of methoxy groups -OCH3 is 1. The number of ether oxygens (including phenoxy) is 1. The lowest BCUT2D eigenvalue weighted by Crippen LogP contribution is -2.33. The Kier molecular flexibility index (Phi) is 7.47. The summed E-state index contributed by atoms with van der Waals surface area (Å²) in [6.07, 6.45) is 0. The third-order valence-corrected chi connectivity index (χ3v) is 6.14. The van der Waals surface area contributed by atoms with E-state index in [1.54, 1.807) is 55.6 Å². The highest BCUT2D eigenvalue weighted by molar-refractivity contribution is 7.11. The summed E-state index contributed by atoms with van der Waals surface area (Å²) in [5, 5.41) is 2.76. The van der Waals surface area contributed by atoms with Gasteiger partial charge >= 0.3 is 0 Å². The molecule has 178 valence electrons. The molecule has 0 atom stereocenters. The molecule has 4 rings (SSSR count). The molecule has 0 aliphatic heterocycles. The van der Waals surface area contributed by atoms with Gasteiger partial charge in [0.1, 0.15) is 22.3 Å². The Bertz CT molecular complexity index is 1450. The summed E-state index contributed by atoms with van der Waals surface area (Å²) >= 11 is 1.05. The fraction of sp³-hybridized carbons (Fsp3) is 0.115. The second-order valence-corrected chi connectivity index (χ2v) is 8.58. The van der Waals surface area contributed by atoms with E-state index in [0.717, 1.165) is 16.9 Å². The summed E-state index contributed by atoms with van der Waals surface area (Å²) in [4.78, 5) is 30.9. The van der Waals surface area contributed by atoms with E-state index < -0.39 is 11.5 Å². The molecular formula is C26H21F2N3O3S. The molecule has 35 heavy (non-hydrogen) atoms. The van der Waals surface area contributed by atoms with Gasteiger partial charge in [0.05, 0.1) is 20.2 Å². The number of hydrogen-bond acceptors (Lipinski definition) is 5. The minimum atomic E-state index is -0.454. The van der Waals surface area contributed by atoms with E-state index in [2.05, 4.69) is 10.3 Å². The molecule has 4 aromatic rings. The predicted molar refractivity (Wildman–Crippen MR) is 131 cm³/mol. The molecule has 0 radical (unpaired) electrons. The number of benzene rings is 3. The summed E-state index contributed by atoms with van der Waals surface area (Å²) in [6.45, 7) is 0.335. The highest BCUT2D eigenvalue weighted by Gasteiger charge is 2.13. The summed E-state index contributed by atoms with van der Waals surface area (Å²) in [6, 6.07) is 19.7. The maximum absolute atomic E-state index is 13.3. The highest BCUT2D eigenvalue weighted by atomic mass is 32.1. The van der Waals surface area contributed by atoms with Crippen LogP contribution in [0.5, 0.6) is 5.75 Å². The Morgan fingerprint density at radius 3 is 2.14 bits per heavy atom. The molecule has 0 aliphatic rings. The molecule has 0 spiro atoms. The van der Waals surface area contributed by atoms with Crippen LogP contribution in [0.25, 0.3) is 0 Å². The quantitative estimate of drug-likeness (QED) is 0.409. The number of anilines is 1. The lowest BCUT2D eigenvalue weighted by molar-refractivity contribution is 0.103. The van der Waals surface area contributed by atoms with E-state index in [4.69, 9.17) is 4.74 Å². The van der Waals surface area contributed by atoms with Gasteiger partial charge in [-0.2, -0.15) is 0 Å². The Balaban J connectivity index is 1.69. The van der Waals surface area contributed by atoms with E-state index in [-0.39, 0.29) is 29.6 Å². The topological polar surface area (TPSA) is 72.7 Å². The van der Waals surface area contributed by atoms with Gasteiger partial charge in [-0.05, 0) is 59.7 Å². The third-order valence-electron chi connectivity index (χ3n) is 5.09. The second kappa shape index (κ2) is 10.9. The Labute approximate surface area is 203 Å². The number of hydrogen-bond donors (Lipinski definition) is 1. The molecule has 1 N–H and O–H groups in total. The van der Waals surface area contributed by atoms with Crippen molar-refractivity contribution in [1.29, 1.82) is 0 Å². The maximum Gasteiger partial charge on any atom is 0.266 e. The van der Waals surface area contributed by atoms with Crippen molar-refractivity contribution in [1.82, 2.24) is 4.57 Å². The van der Waals surface area contributed by atoms with Gasteiger partial charge in [0.15, 0.2) is 4.80 Å². The molecule has 0 bridgehead atoms. The van der Waals surface area contributed by atoms with E-state index in [9.17, 15) is 18.4 Å². The average Bonchev–Trinajstić information content (AvgIpc) is 2.86. The number of nitrogens with zero attached hydrogens (tertiary/aromatic N) is 2. The van der Waals surface area contributed by atoms with Gasteiger partial charge in [-0.15, -0.1) is 0 Å². The molecule has 0 unspecified atom stereocenters. The van der Waals surface area contributed by atoms with E-state index in [1.807, 2.05) is 0 Å². The summed E-state index contributed by atoms with van der Waals surface area (Å²) in [5.41, 5.74) is 1.57. The van der Waals surface area contributed by atoms with Gasteiger partial charge in [-0.3, -0.25) is 19.1 Å². The lowest BCUT2D eigenvalue weighted by Gasteiger charge is -2.10. The summed E-state index contributed by atoms with van der Waals surface area (Å²) in [5.74, 6) is -0.543.